The first-order valence-electron chi connectivity index (χ1n) is 6.73. The molecule has 2 rings (SSSR count). The van der Waals surface area contributed by atoms with Crippen LogP contribution in [-0.4, -0.2) is 23.5 Å². The fourth-order valence-electron chi connectivity index (χ4n) is 1.95. The molecule has 112 valence electrons. The van der Waals surface area contributed by atoms with Gasteiger partial charge in [-0.15, -0.1) is 0 Å². The van der Waals surface area contributed by atoms with Crippen molar-refractivity contribution >= 4 is 22.5 Å². The Labute approximate surface area is 127 Å². The van der Waals surface area contributed by atoms with Gasteiger partial charge < -0.3 is 10.1 Å². The zero-order chi connectivity index (χ0) is 15.2. The molecule has 0 unspecified atom stereocenters. The van der Waals surface area contributed by atoms with Crippen molar-refractivity contribution in [1.82, 2.24) is 4.37 Å². The molecule has 0 amide bonds. The van der Waals surface area contributed by atoms with Crippen molar-refractivity contribution in [2.75, 3.05) is 18.5 Å². The first-order chi connectivity index (χ1) is 10.1. The van der Waals surface area contributed by atoms with Gasteiger partial charge >= 0.3 is 5.97 Å². The van der Waals surface area contributed by atoms with Gasteiger partial charge in [-0.2, -0.15) is 4.37 Å². The van der Waals surface area contributed by atoms with E-state index < -0.39 is 0 Å². The zero-order valence-electron chi connectivity index (χ0n) is 12.0. The Morgan fingerprint density at radius 2 is 2.29 bits per heavy atom. The van der Waals surface area contributed by atoms with E-state index in [-0.39, 0.29) is 11.8 Å². The second-order valence-electron chi connectivity index (χ2n) is 4.50. The van der Waals surface area contributed by atoms with E-state index in [0.717, 1.165) is 5.56 Å². The van der Waals surface area contributed by atoms with E-state index in [1.54, 1.807) is 19.9 Å². The van der Waals surface area contributed by atoms with Gasteiger partial charge in [0.2, 0.25) is 0 Å². The fourth-order valence-corrected chi connectivity index (χ4v) is 2.76. The van der Waals surface area contributed by atoms with Gasteiger partial charge in [-0.05, 0) is 49.5 Å². The van der Waals surface area contributed by atoms with Crippen LogP contribution >= 0.6 is 11.5 Å². The molecule has 1 aromatic heterocycles. The van der Waals surface area contributed by atoms with Crippen molar-refractivity contribution in [1.29, 1.82) is 0 Å². The molecule has 1 heterocycles. The van der Waals surface area contributed by atoms with Crippen molar-refractivity contribution in [3.8, 4) is 0 Å². The Balaban J connectivity index is 1.99. The number of hydrogen-bond acceptors (Lipinski definition) is 5. The summed E-state index contributed by atoms with van der Waals surface area (Å²) in [5.74, 6) is -0.606. The summed E-state index contributed by atoms with van der Waals surface area (Å²) in [6.07, 6.45) is 0.664. The van der Waals surface area contributed by atoms with Crippen LogP contribution in [0.25, 0.3) is 0 Å². The highest BCUT2D eigenvalue weighted by Gasteiger charge is 2.19. The smallest absolute Gasteiger partial charge is 0.343 e. The monoisotopic (exact) mass is 308 g/mol. The highest BCUT2D eigenvalue weighted by atomic mass is 32.1. The Bertz CT molecular complexity index is 628. The van der Waals surface area contributed by atoms with Gasteiger partial charge in [0.1, 0.15) is 16.4 Å². The summed E-state index contributed by atoms with van der Waals surface area (Å²) >= 11 is 1.23. The number of nitrogens with zero attached hydrogens (tertiary/aromatic N) is 1. The van der Waals surface area contributed by atoms with Crippen LogP contribution in [0.3, 0.4) is 0 Å². The van der Waals surface area contributed by atoms with Crippen LogP contribution in [-0.2, 0) is 11.2 Å². The van der Waals surface area contributed by atoms with Gasteiger partial charge in [-0.25, -0.2) is 9.18 Å². The summed E-state index contributed by atoms with van der Waals surface area (Å²) in [5, 5.41) is 3.87. The molecule has 0 saturated heterocycles. The summed E-state index contributed by atoms with van der Waals surface area (Å²) in [7, 11) is 0. The SMILES string of the molecule is CCOC(=O)c1c(C)nsc1NCCc1cccc(F)c1. The summed E-state index contributed by atoms with van der Waals surface area (Å²) in [5.41, 5.74) is 2.05. The predicted octanol–water partition coefficient (Wildman–Crippen LogP) is 3.42. The first-order valence-corrected chi connectivity index (χ1v) is 7.51. The van der Waals surface area contributed by atoms with Gasteiger partial charge in [0.15, 0.2) is 0 Å². The van der Waals surface area contributed by atoms with Crippen molar-refractivity contribution < 1.29 is 13.9 Å². The van der Waals surface area contributed by atoms with Gasteiger partial charge in [0, 0.05) is 6.54 Å². The van der Waals surface area contributed by atoms with E-state index in [1.165, 1.54) is 23.7 Å². The van der Waals surface area contributed by atoms with E-state index in [0.29, 0.717) is 35.8 Å². The van der Waals surface area contributed by atoms with E-state index >= 15 is 0 Å². The third kappa shape index (κ3) is 4.01. The molecular formula is C15H17FN2O2S. The van der Waals surface area contributed by atoms with Crippen LogP contribution in [0, 0.1) is 12.7 Å². The number of halogens is 1. The molecule has 0 saturated carbocycles. The number of aromatic nitrogens is 1. The van der Waals surface area contributed by atoms with E-state index in [1.807, 2.05) is 6.07 Å². The lowest BCUT2D eigenvalue weighted by atomic mass is 10.1. The molecule has 0 atom stereocenters. The average Bonchev–Trinajstić information content (AvgIpc) is 2.80. The maximum absolute atomic E-state index is 13.1. The highest BCUT2D eigenvalue weighted by Crippen LogP contribution is 2.25. The number of anilines is 1. The molecule has 1 N–H and O–H groups in total. The number of carbonyl (C=O) groups excluding carboxylic acids is 1. The standard InChI is InChI=1S/C15H17FN2O2S/c1-3-20-15(19)13-10(2)18-21-14(13)17-8-7-11-5-4-6-12(16)9-11/h4-6,9,17H,3,7-8H2,1-2H3. The minimum absolute atomic E-state index is 0.242. The Kier molecular flexibility index (Phi) is 5.27. The number of hydrogen-bond donors (Lipinski definition) is 1. The maximum Gasteiger partial charge on any atom is 0.343 e. The average molecular weight is 308 g/mol. The molecule has 1 aromatic carbocycles. The first kappa shape index (κ1) is 15.4. The highest BCUT2D eigenvalue weighted by molar-refractivity contribution is 7.10. The lowest BCUT2D eigenvalue weighted by Gasteiger charge is -2.07. The Morgan fingerprint density at radius 1 is 1.48 bits per heavy atom. The molecule has 0 aliphatic heterocycles. The van der Waals surface area contributed by atoms with Crippen LogP contribution in [0.2, 0.25) is 0 Å². The molecule has 0 aliphatic rings. The largest absolute Gasteiger partial charge is 0.462 e. The number of esters is 1. The van der Waals surface area contributed by atoms with E-state index in [4.69, 9.17) is 4.74 Å². The van der Waals surface area contributed by atoms with Crippen LogP contribution in [0.1, 0.15) is 28.5 Å². The number of benzene rings is 1. The second-order valence-corrected chi connectivity index (χ2v) is 5.27. The van der Waals surface area contributed by atoms with Gasteiger partial charge in [0.05, 0.1) is 12.3 Å². The quantitative estimate of drug-likeness (QED) is 0.831. The minimum atomic E-state index is -0.364. The Morgan fingerprint density at radius 3 is 3.00 bits per heavy atom. The number of aryl methyl sites for hydroxylation is 1. The van der Waals surface area contributed by atoms with Crippen molar-refractivity contribution in [2.45, 2.75) is 20.3 Å². The number of ether oxygens (including phenoxy) is 1. The summed E-state index contributed by atoms with van der Waals surface area (Å²) in [4.78, 5) is 11.9. The van der Waals surface area contributed by atoms with Crippen LogP contribution in [0.15, 0.2) is 24.3 Å². The maximum atomic E-state index is 13.1. The third-order valence-electron chi connectivity index (χ3n) is 2.93. The predicted molar refractivity (Wildman–Crippen MR) is 81.4 cm³/mol. The molecular weight excluding hydrogens is 291 g/mol. The van der Waals surface area contributed by atoms with Gasteiger partial charge in [0.25, 0.3) is 0 Å². The summed E-state index contributed by atoms with van der Waals surface area (Å²) in [6.45, 7) is 4.47. The van der Waals surface area contributed by atoms with E-state index in [2.05, 4.69) is 9.69 Å². The second kappa shape index (κ2) is 7.17. The molecule has 4 nitrogen and oxygen atoms in total. The molecule has 0 fully saturated rings. The van der Waals surface area contributed by atoms with Crippen LogP contribution < -0.4 is 5.32 Å². The molecule has 0 radical (unpaired) electrons. The topological polar surface area (TPSA) is 51.2 Å². The Hall–Kier alpha value is -1.95. The summed E-state index contributed by atoms with van der Waals surface area (Å²) in [6, 6.07) is 6.48. The molecule has 0 spiro atoms. The number of rotatable bonds is 6. The lowest BCUT2D eigenvalue weighted by Crippen LogP contribution is -2.11. The minimum Gasteiger partial charge on any atom is -0.462 e. The van der Waals surface area contributed by atoms with Crippen molar-refractivity contribution in [3.05, 3.63) is 46.9 Å². The zero-order valence-corrected chi connectivity index (χ0v) is 12.8. The normalized spacial score (nSPS) is 10.4. The molecule has 21 heavy (non-hydrogen) atoms. The molecule has 0 aliphatic carbocycles. The van der Waals surface area contributed by atoms with Crippen molar-refractivity contribution in [3.63, 3.8) is 0 Å². The summed E-state index contributed by atoms with van der Waals surface area (Å²) < 4.78 is 22.3. The van der Waals surface area contributed by atoms with Gasteiger partial charge in [-0.1, -0.05) is 12.1 Å². The lowest BCUT2D eigenvalue weighted by molar-refractivity contribution is 0.0527. The van der Waals surface area contributed by atoms with Crippen LogP contribution in [0.5, 0.6) is 0 Å². The van der Waals surface area contributed by atoms with Gasteiger partial charge in [-0.3, -0.25) is 0 Å². The molecule has 0 bridgehead atoms. The number of carbonyl (C=O) groups is 1. The van der Waals surface area contributed by atoms with Crippen molar-refractivity contribution in [2.24, 2.45) is 0 Å². The molecule has 6 heteroatoms. The molecule has 2 aromatic rings. The third-order valence-corrected chi connectivity index (χ3v) is 3.83. The number of nitrogens with one attached hydrogen (secondary N) is 1. The fraction of sp³-hybridized carbons (Fsp3) is 0.333. The van der Waals surface area contributed by atoms with E-state index in [9.17, 15) is 9.18 Å². The van der Waals surface area contributed by atoms with Crippen LogP contribution in [0.4, 0.5) is 9.39 Å².